The van der Waals surface area contributed by atoms with Gasteiger partial charge < -0.3 is 43.8 Å². The lowest BCUT2D eigenvalue weighted by atomic mass is 10.0. The summed E-state index contributed by atoms with van der Waals surface area (Å²) in [7, 11) is 1.25. The van der Waals surface area contributed by atoms with E-state index in [2.05, 4.69) is 15.4 Å². The van der Waals surface area contributed by atoms with E-state index < -0.39 is 47.8 Å². The Labute approximate surface area is 383 Å². The molecule has 0 heterocycles. The Morgan fingerprint density at radius 1 is 0.585 bits per heavy atom. The number of hydrogen-bond acceptors (Lipinski definition) is 13. The third-order valence-electron chi connectivity index (χ3n) is 9.96. The van der Waals surface area contributed by atoms with Crippen LogP contribution in [-0.2, 0) is 57.2 Å². The van der Waals surface area contributed by atoms with E-state index in [-0.39, 0.29) is 101 Å². The highest BCUT2D eigenvalue weighted by Gasteiger charge is 2.23. The number of hydrogen-bond donors (Lipinski definition) is 2. The van der Waals surface area contributed by atoms with Gasteiger partial charge in [-0.1, -0.05) is 77.0 Å². The molecular formula is C47H75F3N2O13. The van der Waals surface area contributed by atoms with Crippen LogP contribution in [0.5, 0.6) is 5.75 Å². The smallest absolute Gasteiger partial charge is 0.337 e. The van der Waals surface area contributed by atoms with Crippen molar-refractivity contribution >= 4 is 35.5 Å². The van der Waals surface area contributed by atoms with Crippen LogP contribution in [0.2, 0.25) is 0 Å². The van der Waals surface area contributed by atoms with Gasteiger partial charge in [0.2, 0.25) is 23.4 Å². The Bertz CT molecular complexity index is 1510. The topological polar surface area (TPSA) is 191 Å². The Kier molecular flexibility index (Phi) is 34.4. The number of carbonyl (C=O) groups excluding carboxylic acids is 6. The van der Waals surface area contributed by atoms with E-state index in [1.54, 1.807) is 0 Å². The van der Waals surface area contributed by atoms with Crippen molar-refractivity contribution in [2.45, 2.75) is 161 Å². The van der Waals surface area contributed by atoms with Crippen LogP contribution < -0.4 is 15.4 Å². The number of esters is 3. The van der Waals surface area contributed by atoms with Crippen LogP contribution in [-0.4, -0.2) is 114 Å². The van der Waals surface area contributed by atoms with Crippen molar-refractivity contribution < 1.29 is 75.1 Å². The van der Waals surface area contributed by atoms with Gasteiger partial charge in [0.25, 0.3) is 0 Å². The fraction of sp³-hybridized carbons (Fsp3) is 0.745. The first kappa shape index (κ1) is 58.9. The van der Waals surface area contributed by atoms with E-state index in [1.165, 1.54) is 65.4 Å². The number of methoxy groups -OCH3 is 1. The number of aryl methyl sites for hydroxylation is 1. The molecular weight excluding hydrogens is 858 g/mol. The first-order chi connectivity index (χ1) is 31.2. The molecule has 1 aromatic carbocycles. The van der Waals surface area contributed by atoms with Gasteiger partial charge in [0.1, 0.15) is 25.0 Å². The molecule has 0 aromatic heterocycles. The van der Waals surface area contributed by atoms with Crippen molar-refractivity contribution in [2.24, 2.45) is 0 Å². The minimum Gasteiger partial charge on any atom is -0.467 e. The Balaban J connectivity index is 1.98. The standard InChI is InChI=1S/C47H75F3N2O13/c1-35(2)64-42(56)22-18-16-14-12-10-8-6-5-7-9-11-13-15-17-21-40(54)52-39(47(58)59-4)24-23-37(53)20-19-26-60-28-30-62-33-41(55)51-25-27-61-29-31-63-34-43(57)65-46-44(49)36(3)32-38(48)45(46)50/h32,35,39H,5-31,33-34H2,1-4H3,(H,51,55)(H,52,54). The molecule has 0 bridgehead atoms. The number of carbonyl (C=O) groups is 6. The fourth-order valence-electron chi connectivity index (χ4n) is 6.46. The predicted molar refractivity (Wildman–Crippen MR) is 235 cm³/mol. The summed E-state index contributed by atoms with van der Waals surface area (Å²) in [5, 5.41) is 5.32. The number of Topliss-reactive ketones (excluding diaryl/α,β-unsaturated/α-hetero) is 1. The van der Waals surface area contributed by atoms with E-state index in [4.69, 9.17) is 28.4 Å². The van der Waals surface area contributed by atoms with Crippen LogP contribution in [0, 0.1) is 24.4 Å². The SMILES string of the molecule is COC(=O)C(CCC(=O)CCCOCCOCC(=O)NCCOCCOCC(=O)Oc1c(F)c(C)cc(F)c1F)NC(=O)CCCCCCCCCCCCCCCCC(=O)OC(C)C. The van der Waals surface area contributed by atoms with Crippen molar-refractivity contribution in [3.05, 3.63) is 29.1 Å². The third-order valence-corrected chi connectivity index (χ3v) is 9.96. The van der Waals surface area contributed by atoms with Crippen LogP contribution in [0.25, 0.3) is 0 Å². The molecule has 1 atom stereocenters. The van der Waals surface area contributed by atoms with E-state index in [0.29, 0.717) is 31.9 Å². The van der Waals surface area contributed by atoms with Crippen LogP contribution in [0.3, 0.4) is 0 Å². The molecule has 0 spiro atoms. The van der Waals surface area contributed by atoms with Crippen LogP contribution >= 0.6 is 0 Å². The molecule has 0 aliphatic heterocycles. The van der Waals surface area contributed by atoms with E-state index >= 15 is 0 Å². The number of nitrogens with one attached hydrogen (secondary N) is 2. The largest absolute Gasteiger partial charge is 0.467 e. The molecule has 0 saturated heterocycles. The predicted octanol–water partition coefficient (Wildman–Crippen LogP) is 7.48. The lowest BCUT2D eigenvalue weighted by molar-refractivity contribution is -0.147. The van der Waals surface area contributed by atoms with E-state index in [0.717, 1.165) is 38.5 Å². The Morgan fingerprint density at radius 3 is 1.71 bits per heavy atom. The maximum absolute atomic E-state index is 13.9. The zero-order valence-electron chi connectivity index (χ0n) is 39.2. The molecule has 1 unspecified atom stereocenters. The molecule has 15 nitrogen and oxygen atoms in total. The van der Waals surface area contributed by atoms with Gasteiger partial charge >= 0.3 is 17.9 Å². The Morgan fingerprint density at radius 2 is 1.12 bits per heavy atom. The molecule has 372 valence electrons. The van der Waals surface area contributed by atoms with Gasteiger partial charge in [-0.05, 0) is 58.1 Å². The second-order valence-corrected chi connectivity index (χ2v) is 16.1. The van der Waals surface area contributed by atoms with Crippen molar-refractivity contribution in [1.29, 1.82) is 0 Å². The highest BCUT2D eigenvalue weighted by Crippen LogP contribution is 2.27. The van der Waals surface area contributed by atoms with Crippen molar-refractivity contribution in [1.82, 2.24) is 10.6 Å². The summed E-state index contributed by atoms with van der Waals surface area (Å²) in [6.07, 6.45) is 17.4. The molecule has 0 radical (unpaired) electrons. The average molecular weight is 933 g/mol. The van der Waals surface area contributed by atoms with Crippen molar-refractivity contribution in [2.75, 3.05) is 66.5 Å². The molecule has 18 heteroatoms. The zero-order chi connectivity index (χ0) is 48.1. The number of halogens is 3. The molecule has 0 aliphatic rings. The summed E-state index contributed by atoms with van der Waals surface area (Å²) in [5.41, 5.74) is -0.224. The molecule has 1 rings (SSSR count). The third kappa shape index (κ3) is 31.4. The molecule has 2 amide bonds. The van der Waals surface area contributed by atoms with E-state index in [1.807, 2.05) is 13.8 Å². The monoisotopic (exact) mass is 933 g/mol. The molecule has 2 N–H and O–H groups in total. The molecule has 65 heavy (non-hydrogen) atoms. The molecule has 1 aromatic rings. The summed E-state index contributed by atoms with van der Waals surface area (Å²) >= 11 is 0. The van der Waals surface area contributed by atoms with Crippen LogP contribution in [0.4, 0.5) is 13.2 Å². The average Bonchev–Trinajstić information content (AvgIpc) is 3.26. The van der Waals surface area contributed by atoms with Crippen LogP contribution in [0.1, 0.15) is 148 Å². The number of unbranched alkanes of at least 4 members (excludes halogenated alkanes) is 13. The molecule has 0 saturated carbocycles. The van der Waals surface area contributed by atoms with Gasteiger partial charge in [-0.3, -0.25) is 19.2 Å². The number of benzene rings is 1. The molecule has 0 fully saturated rings. The van der Waals surface area contributed by atoms with E-state index in [9.17, 15) is 41.9 Å². The number of amides is 2. The first-order valence-electron chi connectivity index (χ1n) is 23.3. The van der Waals surface area contributed by atoms with Gasteiger partial charge in [-0.2, -0.15) is 4.39 Å². The number of ether oxygens (including phenoxy) is 7. The quantitative estimate of drug-likeness (QED) is 0.0285. The zero-order valence-corrected chi connectivity index (χ0v) is 39.2. The first-order valence-corrected chi connectivity index (χ1v) is 23.3. The van der Waals surface area contributed by atoms with Gasteiger partial charge in [-0.25, -0.2) is 18.4 Å². The van der Waals surface area contributed by atoms with Crippen molar-refractivity contribution in [3.63, 3.8) is 0 Å². The van der Waals surface area contributed by atoms with Crippen molar-refractivity contribution in [3.8, 4) is 5.75 Å². The molecule has 0 aliphatic carbocycles. The van der Waals surface area contributed by atoms with Gasteiger partial charge in [0, 0.05) is 38.8 Å². The lowest BCUT2D eigenvalue weighted by Gasteiger charge is -2.16. The number of ketones is 1. The number of rotatable bonds is 41. The second-order valence-electron chi connectivity index (χ2n) is 16.1. The minimum absolute atomic E-state index is 0.0424. The summed E-state index contributed by atoms with van der Waals surface area (Å²) in [6, 6.07) is -0.237. The summed E-state index contributed by atoms with van der Waals surface area (Å²) in [4.78, 5) is 72.5. The maximum atomic E-state index is 13.9. The second kappa shape index (κ2) is 38.0. The highest BCUT2D eigenvalue weighted by atomic mass is 19.2. The summed E-state index contributed by atoms with van der Waals surface area (Å²) < 4.78 is 76.7. The van der Waals surface area contributed by atoms with Gasteiger partial charge in [-0.15, -0.1) is 0 Å². The van der Waals surface area contributed by atoms with Gasteiger partial charge in [0.15, 0.2) is 11.6 Å². The minimum atomic E-state index is -1.61. The highest BCUT2D eigenvalue weighted by molar-refractivity contribution is 5.85. The maximum Gasteiger partial charge on any atom is 0.337 e. The Hall–Kier alpha value is -4.13. The fourth-order valence-corrected chi connectivity index (χ4v) is 6.46. The van der Waals surface area contributed by atoms with Crippen LogP contribution in [0.15, 0.2) is 6.07 Å². The summed E-state index contributed by atoms with van der Waals surface area (Å²) in [5.74, 6) is -7.76. The lowest BCUT2D eigenvalue weighted by Crippen LogP contribution is -2.41. The van der Waals surface area contributed by atoms with Gasteiger partial charge in [0.05, 0.1) is 46.2 Å². The normalized spacial score (nSPS) is 11.6. The summed E-state index contributed by atoms with van der Waals surface area (Å²) in [6.45, 7) is 5.04.